The zero-order valence-electron chi connectivity index (χ0n) is 9.10. The van der Waals surface area contributed by atoms with Gasteiger partial charge in [0.1, 0.15) is 0 Å². The predicted molar refractivity (Wildman–Crippen MR) is 58.0 cm³/mol. The number of hydrogen-bond acceptors (Lipinski definition) is 2. The van der Waals surface area contributed by atoms with E-state index in [1.807, 2.05) is 0 Å². The van der Waals surface area contributed by atoms with Crippen LogP contribution in [0.3, 0.4) is 0 Å². The van der Waals surface area contributed by atoms with Crippen molar-refractivity contribution in [3.63, 3.8) is 0 Å². The van der Waals surface area contributed by atoms with Gasteiger partial charge in [-0.2, -0.15) is 0 Å². The zero-order valence-corrected chi connectivity index (χ0v) is 9.10. The summed E-state index contributed by atoms with van der Waals surface area (Å²) in [4.78, 5) is 11.2. The molecule has 1 rings (SSSR count). The molecule has 0 radical (unpaired) electrons. The third-order valence-electron chi connectivity index (χ3n) is 2.23. The summed E-state index contributed by atoms with van der Waals surface area (Å²) >= 11 is 0. The maximum absolute atomic E-state index is 11.2. The molecular formula is C11H20N2O. The highest BCUT2D eigenvalue weighted by Gasteiger charge is 2.21. The predicted octanol–water partition coefficient (Wildman–Crippen LogP) is 1.07. The quantitative estimate of drug-likeness (QED) is 0.493. The fraction of sp³-hybridized carbons (Fsp3) is 0.727. The van der Waals surface area contributed by atoms with Crippen LogP contribution in [0.25, 0.3) is 0 Å². The molecular weight excluding hydrogens is 176 g/mol. The van der Waals surface area contributed by atoms with Crippen LogP contribution in [0, 0.1) is 5.92 Å². The summed E-state index contributed by atoms with van der Waals surface area (Å²) in [5, 5.41) is 5.98. The van der Waals surface area contributed by atoms with E-state index < -0.39 is 0 Å². The first-order valence-electron chi connectivity index (χ1n) is 5.29. The largest absolute Gasteiger partial charge is 0.355 e. The number of rotatable bonds is 6. The highest BCUT2D eigenvalue weighted by molar-refractivity contribution is 5.78. The van der Waals surface area contributed by atoms with Gasteiger partial charge in [0.2, 0.25) is 5.91 Å². The van der Waals surface area contributed by atoms with E-state index >= 15 is 0 Å². The van der Waals surface area contributed by atoms with Crippen molar-refractivity contribution in [3.8, 4) is 0 Å². The van der Waals surface area contributed by atoms with Crippen molar-refractivity contribution in [2.75, 3.05) is 19.6 Å². The molecule has 80 valence electrons. The van der Waals surface area contributed by atoms with Gasteiger partial charge in [0.05, 0.1) is 6.54 Å². The molecule has 1 saturated carbocycles. The molecule has 3 nitrogen and oxygen atoms in total. The number of allylic oxidation sites excluding steroid dienone is 1. The summed E-state index contributed by atoms with van der Waals surface area (Å²) in [6, 6.07) is 0. The Morgan fingerprint density at radius 1 is 1.43 bits per heavy atom. The second kappa shape index (κ2) is 5.81. The Labute approximate surface area is 86.0 Å². The van der Waals surface area contributed by atoms with Crippen LogP contribution in [0.1, 0.15) is 26.7 Å². The molecule has 0 aliphatic heterocycles. The normalized spacial score (nSPS) is 15.0. The van der Waals surface area contributed by atoms with E-state index in [1.54, 1.807) is 0 Å². The van der Waals surface area contributed by atoms with Gasteiger partial charge in [-0.1, -0.05) is 11.6 Å². The second-order valence-electron chi connectivity index (χ2n) is 4.16. The summed E-state index contributed by atoms with van der Waals surface area (Å²) in [6.07, 6.45) is 4.64. The molecule has 0 spiro atoms. The van der Waals surface area contributed by atoms with E-state index in [0.717, 1.165) is 19.0 Å². The van der Waals surface area contributed by atoms with Crippen molar-refractivity contribution in [1.29, 1.82) is 0 Å². The van der Waals surface area contributed by atoms with E-state index in [0.29, 0.717) is 6.54 Å². The monoisotopic (exact) mass is 196 g/mol. The molecule has 0 saturated heterocycles. The van der Waals surface area contributed by atoms with Crippen LogP contribution in [0.2, 0.25) is 0 Å². The van der Waals surface area contributed by atoms with Crippen molar-refractivity contribution in [3.05, 3.63) is 11.6 Å². The van der Waals surface area contributed by atoms with Crippen molar-refractivity contribution >= 4 is 5.91 Å². The molecule has 1 aliphatic carbocycles. The number of nitrogens with one attached hydrogen (secondary N) is 2. The van der Waals surface area contributed by atoms with E-state index in [-0.39, 0.29) is 5.91 Å². The van der Waals surface area contributed by atoms with Crippen molar-refractivity contribution in [1.82, 2.24) is 10.6 Å². The molecule has 3 heteroatoms. The molecule has 0 heterocycles. The van der Waals surface area contributed by atoms with Gasteiger partial charge in [0.15, 0.2) is 0 Å². The SMILES string of the molecule is CC(C)=CCNCC(=O)NCC1CC1. The van der Waals surface area contributed by atoms with Gasteiger partial charge in [0.25, 0.3) is 0 Å². The summed E-state index contributed by atoms with van der Waals surface area (Å²) in [5.41, 5.74) is 1.27. The van der Waals surface area contributed by atoms with Gasteiger partial charge < -0.3 is 10.6 Å². The van der Waals surface area contributed by atoms with Gasteiger partial charge >= 0.3 is 0 Å². The van der Waals surface area contributed by atoms with Gasteiger partial charge in [-0.05, 0) is 32.6 Å². The van der Waals surface area contributed by atoms with Gasteiger partial charge in [-0.15, -0.1) is 0 Å². The lowest BCUT2D eigenvalue weighted by atomic mass is 10.3. The number of amides is 1. The minimum Gasteiger partial charge on any atom is -0.355 e. The van der Waals surface area contributed by atoms with Gasteiger partial charge in [-0.3, -0.25) is 4.79 Å². The molecule has 1 amide bonds. The Morgan fingerprint density at radius 2 is 2.14 bits per heavy atom. The van der Waals surface area contributed by atoms with Crippen LogP contribution >= 0.6 is 0 Å². The fourth-order valence-electron chi connectivity index (χ4n) is 1.10. The van der Waals surface area contributed by atoms with Crippen molar-refractivity contribution < 1.29 is 4.79 Å². The molecule has 0 bridgehead atoms. The lowest BCUT2D eigenvalue weighted by Gasteiger charge is -2.04. The average molecular weight is 196 g/mol. The third kappa shape index (κ3) is 5.75. The first-order chi connectivity index (χ1) is 6.68. The Kier molecular flexibility index (Phi) is 4.66. The van der Waals surface area contributed by atoms with Crippen molar-refractivity contribution in [2.45, 2.75) is 26.7 Å². The molecule has 0 unspecified atom stereocenters. The van der Waals surface area contributed by atoms with Crippen LogP contribution < -0.4 is 10.6 Å². The van der Waals surface area contributed by atoms with Crippen LogP contribution in [0.4, 0.5) is 0 Å². The number of hydrogen-bond donors (Lipinski definition) is 2. The lowest BCUT2D eigenvalue weighted by molar-refractivity contribution is -0.120. The lowest BCUT2D eigenvalue weighted by Crippen LogP contribution is -2.35. The van der Waals surface area contributed by atoms with E-state index in [1.165, 1.54) is 18.4 Å². The van der Waals surface area contributed by atoms with Crippen LogP contribution in [-0.4, -0.2) is 25.5 Å². The highest BCUT2D eigenvalue weighted by atomic mass is 16.1. The fourth-order valence-corrected chi connectivity index (χ4v) is 1.10. The first-order valence-corrected chi connectivity index (χ1v) is 5.29. The summed E-state index contributed by atoms with van der Waals surface area (Å²) in [7, 11) is 0. The second-order valence-corrected chi connectivity index (χ2v) is 4.16. The molecule has 1 aliphatic rings. The minimum atomic E-state index is 0.110. The summed E-state index contributed by atoms with van der Waals surface area (Å²) < 4.78 is 0. The average Bonchev–Trinajstić information content (AvgIpc) is 2.92. The van der Waals surface area contributed by atoms with E-state index in [4.69, 9.17) is 0 Å². The maximum atomic E-state index is 11.2. The van der Waals surface area contributed by atoms with Crippen LogP contribution in [0.15, 0.2) is 11.6 Å². The Morgan fingerprint density at radius 3 is 2.71 bits per heavy atom. The third-order valence-corrected chi connectivity index (χ3v) is 2.23. The summed E-state index contributed by atoms with van der Waals surface area (Å²) in [6.45, 7) is 6.17. The van der Waals surface area contributed by atoms with E-state index in [9.17, 15) is 4.79 Å². The minimum absolute atomic E-state index is 0.110. The standard InChI is InChI=1S/C11H20N2O/c1-9(2)5-6-12-8-11(14)13-7-10-3-4-10/h5,10,12H,3-4,6-8H2,1-2H3,(H,13,14). The highest BCUT2D eigenvalue weighted by Crippen LogP contribution is 2.27. The molecule has 0 aromatic carbocycles. The van der Waals surface area contributed by atoms with Crippen LogP contribution in [0.5, 0.6) is 0 Å². The summed E-state index contributed by atoms with van der Waals surface area (Å²) in [5.74, 6) is 0.871. The molecule has 14 heavy (non-hydrogen) atoms. The maximum Gasteiger partial charge on any atom is 0.233 e. The molecule has 0 aromatic rings. The number of carbonyl (C=O) groups excluding carboxylic acids is 1. The molecule has 0 atom stereocenters. The van der Waals surface area contributed by atoms with Crippen LogP contribution in [-0.2, 0) is 4.79 Å². The van der Waals surface area contributed by atoms with Gasteiger partial charge in [0, 0.05) is 13.1 Å². The molecule has 1 fully saturated rings. The molecule has 2 N–H and O–H groups in total. The Bertz CT molecular complexity index is 215. The first kappa shape index (κ1) is 11.2. The van der Waals surface area contributed by atoms with Gasteiger partial charge in [-0.25, -0.2) is 0 Å². The topological polar surface area (TPSA) is 41.1 Å². The Balaban J connectivity index is 1.94. The Hall–Kier alpha value is -0.830. The number of carbonyl (C=O) groups is 1. The van der Waals surface area contributed by atoms with E-state index in [2.05, 4.69) is 30.6 Å². The molecule has 0 aromatic heterocycles. The smallest absolute Gasteiger partial charge is 0.233 e. The zero-order chi connectivity index (χ0) is 10.4. The van der Waals surface area contributed by atoms with Crippen molar-refractivity contribution in [2.24, 2.45) is 5.92 Å².